The Hall–Kier alpha value is -1.02. The van der Waals surface area contributed by atoms with E-state index < -0.39 is 0 Å². The molecule has 1 fully saturated rings. The second kappa shape index (κ2) is 4.58. The van der Waals surface area contributed by atoms with Crippen molar-refractivity contribution in [3.8, 4) is 5.75 Å². The molecule has 0 atom stereocenters. The van der Waals surface area contributed by atoms with Crippen LogP contribution in [0.15, 0.2) is 18.2 Å². The number of para-hydroxylation sites is 1. The van der Waals surface area contributed by atoms with Gasteiger partial charge >= 0.3 is 0 Å². The maximum Gasteiger partial charge on any atom is 0.126 e. The molecule has 2 nitrogen and oxygen atoms in total. The Morgan fingerprint density at radius 1 is 1.33 bits per heavy atom. The highest BCUT2D eigenvalue weighted by Crippen LogP contribution is 2.39. The molecule has 0 radical (unpaired) electrons. The zero-order valence-electron chi connectivity index (χ0n) is 11.5. The van der Waals surface area contributed by atoms with Crippen LogP contribution < -0.4 is 10.1 Å². The Bertz CT molecular complexity index is 435. The molecule has 2 aliphatic rings. The molecule has 0 saturated heterocycles. The first-order valence-corrected chi connectivity index (χ1v) is 7.15. The molecule has 0 spiro atoms. The molecule has 1 aromatic rings. The summed E-state index contributed by atoms with van der Waals surface area (Å²) >= 11 is 0. The zero-order chi connectivity index (χ0) is 12.6. The molecule has 1 aliphatic carbocycles. The lowest BCUT2D eigenvalue weighted by molar-refractivity contribution is 0.341. The Labute approximate surface area is 110 Å². The Balaban J connectivity index is 1.73. The number of nitrogens with one attached hydrogen (secondary N) is 1. The molecule has 0 bridgehead atoms. The van der Waals surface area contributed by atoms with Gasteiger partial charge in [0, 0.05) is 18.0 Å². The minimum absolute atomic E-state index is 0.192. The largest absolute Gasteiger partial charge is 0.493 e. The van der Waals surface area contributed by atoms with Gasteiger partial charge in [0.15, 0.2) is 0 Å². The van der Waals surface area contributed by atoms with Gasteiger partial charge in [0.25, 0.3) is 0 Å². The van der Waals surface area contributed by atoms with Crippen molar-refractivity contribution in [1.29, 1.82) is 0 Å². The molecule has 0 amide bonds. The van der Waals surface area contributed by atoms with Crippen LogP contribution in [0.25, 0.3) is 0 Å². The first kappa shape index (κ1) is 12.0. The fourth-order valence-corrected chi connectivity index (χ4v) is 2.76. The molecule has 1 heterocycles. The maximum atomic E-state index is 5.84. The van der Waals surface area contributed by atoms with Gasteiger partial charge < -0.3 is 10.1 Å². The van der Waals surface area contributed by atoms with Crippen LogP contribution in [-0.2, 0) is 11.8 Å². The lowest BCUT2D eigenvalue weighted by Gasteiger charge is -2.27. The zero-order valence-corrected chi connectivity index (χ0v) is 11.5. The number of hydrogen-bond donors (Lipinski definition) is 1. The quantitative estimate of drug-likeness (QED) is 0.861. The summed E-state index contributed by atoms with van der Waals surface area (Å²) < 4.78 is 5.84. The first-order valence-electron chi connectivity index (χ1n) is 7.15. The predicted octanol–water partition coefficient (Wildman–Crippen LogP) is 3.04. The fraction of sp³-hybridized carbons (Fsp3) is 0.625. The maximum absolute atomic E-state index is 5.84. The van der Waals surface area contributed by atoms with Crippen molar-refractivity contribution < 1.29 is 4.74 Å². The summed E-state index contributed by atoms with van der Waals surface area (Å²) in [6, 6.07) is 7.42. The average molecular weight is 245 g/mol. The van der Waals surface area contributed by atoms with Gasteiger partial charge in [-0.15, -0.1) is 0 Å². The highest BCUT2D eigenvalue weighted by molar-refractivity contribution is 5.47. The standard InChI is InChI=1S/C16H23NO/c1-16(2,9-10-17-13-6-7-13)14-5-3-4-12-8-11-18-15(12)14/h3-5,13,17H,6-11H2,1-2H3. The molecule has 2 heteroatoms. The van der Waals surface area contributed by atoms with Crippen molar-refractivity contribution in [2.75, 3.05) is 13.2 Å². The van der Waals surface area contributed by atoms with Crippen LogP contribution in [0.5, 0.6) is 5.75 Å². The van der Waals surface area contributed by atoms with E-state index in [0.29, 0.717) is 0 Å². The van der Waals surface area contributed by atoms with E-state index in [1.807, 2.05) is 0 Å². The van der Waals surface area contributed by atoms with E-state index in [1.54, 1.807) is 0 Å². The van der Waals surface area contributed by atoms with Crippen molar-refractivity contribution in [2.24, 2.45) is 0 Å². The van der Waals surface area contributed by atoms with Crippen molar-refractivity contribution in [3.63, 3.8) is 0 Å². The minimum atomic E-state index is 0.192. The third-order valence-corrected chi connectivity index (χ3v) is 4.20. The molecular formula is C16H23NO. The number of fused-ring (bicyclic) bond motifs is 1. The molecule has 0 unspecified atom stereocenters. The van der Waals surface area contributed by atoms with E-state index in [9.17, 15) is 0 Å². The Morgan fingerprint density at radius 2 is 2.17 bits per heavy atom. The van der Waals surface area contributed by atoms with Gasteiger partial charge in [0.1, 0.15) is 5.75 Å². The van der Waals surface area contributed by atoms with Crippen molar-refractivity contribution in [1.82, 2.24) is 5.32 Å². The summed E-state index contributed by atoms with van der Waals surface area (Å²) in [5.74, 6) is 1.16. The van der Waals surface area contributed by atoms with Gasteiger partial charge in [-0.1, -0.05) is 32.0 Å². The summed E-state index contributed by atoms with van der Waals surface area (Å²) in [6.45, 7) is 6.63. The lowest BCUT2D eigenvalue weighted by atomic mass is 9.80. The predicted molar refractivity (Wildman–Crippen MR) is 74.3 cm³/mol. The van der Waals surface area contributed by atoms with Crippen molar-refractivity contribution >= 4 is 0 Å². The second-order valence-electron chi connectivity index (χ2n) is 6.25. The summed E-state index contributed by atoms with van der Waals surface area (Å²) in [4.78, 5) is 0. The van der Waals surface area contributed by atoms with Gasteiger partial charge in [-0.25, -0.2) is 0 Å². The van der Waals surface area contributed by atoms with Gasteiger partial charge in [-0.05, 0) is 36.8 Å². The van der Waals surface area contributed by atoms with E-state index in [0.717, 1.165) is 31.4 Å². The van der Waals surface area contributed by atoms with Gasteiger partial charge in [-0.3, -0.25) is 0 Å². The van der Waals surface area contributed by atoms with Crippen molar-refractivity contribution in [2.45, 2.75) is 51.0 Å². The van der Waals surface area contributed by atoms with Crippen LogP contribution in [0, 0.1) is 0 Å². The van der Waals surface area contributed by atoms with Gasteiger partial charge in [0.05, 0.1) is 6.61 Å². The van der Waals surface area contributed by atoms with E-state index in [4.69, 9.17) is 4.74 Å². The van der Waals surface area contributed by atoms with E-state index in [1.165, 1.54) is 30.4 Å². The van der Waals surface area contributed by atoms with E-state index in [2.05, 4.69) is 37.4 Å². The number of hydrogen-bond acceptors (Lipinski definition) is 2. The molecule has 3 rings (SSSR count). The highest BCUT2D eigenvalue weighted by Gasteiger charge is 2.28. The van der Waals surface area contributed by atoms with Crippen LogP contribution in [0.4, 0.5) is 0 Å². The SMILES string of the molecule is CC(C)(CCNC1CC1)c1cccc2c1OCC2. The topological polar surface area (TPSA) is 21.3 Å². The molecule has 0 aromatic heterocycles. The van der Waals surface area contributed by atoms with Gasteiger partial charge in [0.2, 0.25) is 0 Å². The third-order valence-electron chi connectivity index (χ3n) is 4.20. The highest BCUT2D eigenvalue weighted by atomic mass is 16.5. The van der Waals surface area contributed by atoms with Crippen molar-refractivity contribution in [3.05, 3.63) is 29.3 Å². The summed E-state index contributed by atoms with van der Waals surface area (Å²) in [7, 11) is 0. The minimum Gasteiger partial charge on any atom is -0.493 e. The van der Waals surface area contributed by atoms with Gasteiger partial charge in [-0.2, -0.15) is 0 Å². The first-order chi connectivity index (χ1) is 8.67. The Kier molecular flexibility index (Phi) is 3.06. The summed E-state index contributed by atoms with van der Waals surface area (Å²) in [6.07, 6.45) is 4.97. The summed E-state index contributed by atoms with van der Waals surface area (Å²) in [5, 5.41) is 3.61. The molecule has 18 heavy (non-hydrogen) atoms. The molecular weight excluding hydrogens is 222 g/mol. The number of ether oxygens (including phenoxy) is 1. The van der Waals surface area contributed by atoms with Crippen LogP contribution in [0.3, 0.4) is 0 Å². The fourth-order valence-electron chi connectivity index (χ4n) is 2.76. The summed E-state index contributed by atoms with van der Waals surface area (Å²) in [5.41, 5.74) is 2.96. The monoisotopic (exact) mass is 245 g/mol. The van der Waals surface area contributed by atoms with Crippen LogP contribution in [0.2, 0.25) is 0 Å². The number of rotatable bonds is 5. The lowest BCUT2D eigenvalue weighted by Crippen LogP contribution is -2.27. The molecule has 1 aliphatic heterocycles. The van der Waals surface area contributed by atoms with Crippen LogP contribution in [0.1, 0.15) is 44.2 Å². The molecule has 98 valence electrons. The molecule has 1 N–H and O–H groups in total. The van der Waals surface area contributed by atoms with E-state index >= 15 is 0 Å². The van der Waals surface area contributed by atoms with Crippen LogP contribution >= 0.6 is 0 Å². The Morgan fingerprint density at radius 3 is 2.94 bits per heavy atom. The molecule has 1 saturated carbocycles. The smallest absolute Gasteiger partial charge is 0.126 e. The van der Waals surface area contributed by atoms with E-state index in [-0.39, 0.29) is 5.41 Å². The molecule has 1 aromatic carbocycles. The van der Waals surface area contributed by atoms with Crippen LogP contribution in [-0.4, -0.2) is 19.2 Å². The average Bonchev–Trinajstić information content (AvgIpc) is 3.04. The number of benzene rings is 1. The normalized spacial score (nSPS) is 18.6. The second-order valence-corrected chi connectivity index (χ2v) is 6.25. The third kappa shape index (κ3) is 2.39.